The summed E-state index contributed by atoms with van der Waals surface area (Å²) in [6.07, 6.45) is 0. The van der Waals surface area contributed by atoms with Gasteiger partial charge in [-0.15, -0.1) is 0 Å². The molecule has 0 aliphatic heterocycles. The smallest absolute Gasteiger partial charge is 0.253 e. The average molecular weight is 442 g/mol. The lowest BCUT2D eigenvalue weighted by molar-refractivity contribution is 0.0942. The summed E-state index contributed by atoms with van der Waals surface area (Å²) in [5.74, 6) is -0.113. The number of hydrogen-bond acceptors (Lipinski definition) is 1. The Labute approximate surface area is 179 Å². The Hall–Kier alpha value is -3.17. The van der Waals surface area contributed by atoms with E-state index in [0.29, 0.717) is 5.56 Å². The molecule has 3 heteroatoms. The number of rotatable bonds is 5. The molecule has 0 spiro atoms. The van der Waals surface area contributed by atoms with Gasteiger partial charge in [-0.25, -0.2) is 0 Å². The molecule has 4 aromatic carbocycles. The first-order valence-electron chi connectivity index (χ1n) is 9.48. The highest BCUT2D eigenvalue weighted by atomic mass is 79.9. The molecule has 1 N–H and O–H groups in total. The molecule has 1 atom stereocenters. The first-order valence-corrected chi connectivity index (χ1v) is 10.3. The normalized spacial score (nSPS) is 11.6. The monoisotopic (exact) mass is 441 g/mol. The molecule has 0 aliphatic carbocycles. The fourth-order valence-corrected chi connectivity index (χ4v) is 3.82. The van der Waals surface area contributed by atoms with Gasteiger partial charge in [0.2, 0.25) is 0 Å². The van der Waals surface area contributed by atoms with Crippen LogP contribution in [0.25, 0.3) is 11.1 Å². The maximum Gasteiger partial charge on any atom is 0.253 e. The molecule has 1 amide bonds. The van der Waals surface area contributed by atoms with Crippen molar-refractivity contribution in [3.05, 3.63) is 130 Å². The van der Waals surface area contributed by atoms with E-state index in [2.05, 4.69) is 57.6 Å². The minimum atomic E-state index is -0.236. The molecule has 29 heavy (non-hydrogen) atoms. The topological polar surface area (TPSA) is 29.1 Å². The maximum atomic E-state index is 13.0. The average Bonchev–Trinajstić information content (AvgIpc) is 2.79. The SMILES string of the molecule is O=C(N[C@@H](c1ccccc1)c1ccc(-c2ccccc2)cc1)c1ccccc1Br. The summed E-state index contributed by atoms with van der Waals surface area (Å²) < 4.78 is 0.781. The second kappa shape index (κ2) is 8.89. The highest BCUT2D eigenvalue weighted by Gasteiger charge is 2.19. The van der Waals surface area contributed by atoms with E-state index in [-0.39, 0.29) is 11.9 Å². The van der Waals surface area contributed by atoms with Crippen molar-refractivity contribution in [1.82, 2.24) is 5.32 Å². The molecule has 0 aromatic heterocycles. The van der Waals surface area contributed by atoms with Crippen LogP contribution in [0.2, 0.25) is 0 Å². The van der Waals surface area contributed by atoms with Crippen LogP contribution in [0.3, 0.4) is 0 Å². The quantitative estimate of drug-likeness (QED) is 0.369. The van der Waals surface area contributed by atoms with E-state index >= 15 is 0 Å². The first-order chi connectivity index (χ1) is 14.2. The van der Waals surface area contributed by atoms with Crippen molar-refractivity contribution in [2.75, 3.05) is 0 Å². The zero-order valence-electron chi connectivity index (χ0n) is 15.8. The van der Waals surface area contributed by atoms with Crippen molar-refractivity contribution in [1.29, 1.82) is 0 Å². The van der Waals surface area contributed by atoms with Gasteiger partial charge in [0.05, 0.1) is 11.6 Å². The van der Waals surface area contributed by atoms with E-state index in [1.165, 1.54) is 5.56 Å². The van der Waals surface area contributed by atoms with Crippen LogP contribution in [0.5, 0.6) is 0 Å². The Morgan fingerprint density at radius 2 is 1.14 bits per heavy atom. The summed E-state index contributed by atoms with van der Waals surface area (Å²) in [5, 5.41) is 3.20. The van der Waals surface area contributed by atoms with Gasteiger partial charge in [0.25, 0.3) is 5.91 Å². The van der Waals surface area contributed by atoms with Gasteiger partial charge in [-0.05, 0) is 50.3 Å². The highest BCUT2D eigenvalue weighted by molar-refractivity contribution is 9.10. The summed E-state index contributed by atoms with van der Waals surface area (Å²) in [7, 11) is 0. The summed E-state index contributed by atoms with van der Waals surface area (Å²) in [6, 6.07) is 35.9. The van der Waals surface area contributed by atoms with Crippen molar-refractivity contribution >= 4 is 21.8 Å². The third-order valence-electron chi connectivity index (χ3n) is 4.88. The fraction of sp³-hybridized carbons (Fsp3) is 0.0385. The second-order valence-corrected chi connectivity index (χ2v) is 7.64. The van der Waals surface area contributed by atoms with Crippen LogP contribution in [0.4, 0.5) is 0 Å². The van der Waals surface area contributed by atoms with Gasteiger partial charge in [-0.1, -0.05) is 97.1 Å². The molecule has 0 unspecified atom stereocenters. The van der Waals surface area contributed by atoms with Crippen LogP contribution >= 0.6 is 15.9 Å². The van der Waals surface area contributed by atoms with Gasteiger partial charge in [0, 0.05) is 4.47 Å². The van der Waals surface area contributed by atoms with E-state index in [1.807, 2.05) is 72.8 Å². The standard InChI is InChI=1S/C26H20BrNO/c27-24-14-8-7-13-23(24)26(29)28-25(21-11-5-2-6-12-21)22-17-15-20(16-18-22)19-9-3-1-4-10-19/h1-18,25H,(H,28,29)/t25-/m0/s1. The van der Waals surface area contributed by atoms with Gasteiger partial charge in [-0.2, -0.15) is 0 Å². The van der Waals surface area contributed by atoms with Crippen molar-refractivity contribution in [2.45, 2.75) is 6.04 Å². The van der Waals surface area contributed by atoms with E-state index in [0.717, 1.165) is 21.2 Å². The molecule has 0 radical (unpaired) electrons. The minimum Gasteiger partial charge on any atom is -0.341 e. The Bertz CT molecular complexity index is 1090. The lowest BCUT2D eigenvalue weighted by Gasteiger charge is -2.21. The number of halogens is 1. The van der Waals surface area contributed by atoms with E-state index < -0.39 is 0 Å². The molecule has 142 valence electrons. The summed E-state index contributed by atoms with van der Waals surface area (Å²) in [6.45, 7) is 0. The van der Waals surface area contributed by atoms with Crippen molar-refractivity contribution in [2.24, 2.45) is 0 Å². The van der Waals surface area contributed by atoms with Crippen LogP contribution in [0.15, 0.2) is 114 Å². The molecule has 0 bridgehead atoms. The van der Waals surface area contributed by atoms with E-state index in [1.54, 1.807) is 0 Å². The van der Waals surface area contributed by atoms with Crippen LogP contribution in [0.1, 0.15) is 27.5 Å². The summed E-state index contributed by atoms with van der Waals surface area (Å²) >= 11 is 3.47. The third-order valence-corrected chi connectivity index (χ3v) is 5.57. The fourth-order valence-electron chi connectivity index (χ4n) is 3.36. The molecule has 0 heterocycles. The van der Waals surface area contributed by atoms with Crippen molar-refractivity contribution in [3.8, 4) is 11.1 Å². The zero-order chi connectivity index (χ0) is 20.1. The Kier molecular flexibility index (Phi) is 5.87. The maximum absolute atomic E-state index is 13.0. The minimum absolute atomic E-state index is 0.113. The molecule has 4 aromatic rings. The lowest BCUT2D eigenvalue weighted by atomic mass is 9.96. The molecule has 0 fully saturated rings. The summed E-state index contributed by atoms with van der Waals surface area (Å²) in [4.78, 5) is 13.0. The largest absolute Gasteiger partial charge is 0.341 e. The van der Waals surface area contributed by atoms with Crippen LogP contribution in [-0.4, -0.2) is 5.91 Å². The zero-order valence-corrected chi connectivity index (χ0v) is 17.3. The Balaban J connectivity index is 1.66. The molecular weight excluding hydrogens is 422 g/mol. The van der Waals surface area contributed by atoms with Crippen molar-refractivity contribution < 1.29 is 4.79 Å². The molecule has 2 nitrogen and oxygen atoms in total. The van der Waals surface area contributed by atoms with Gasteiger partial charge in [-0.3, -0.25) is 4.79 Å². The molecule has 0 saturated carbocycles. The number of carbonyl (C=O) groups is 1. The number of amides is 1. The van der Waals surface area contributed by atoms with Crippen LogP contribution in [0, 0.1) is 0 Å². The van der Waals surface area contributed by atoms with Gasteiger partial charge >= 0.3 is 0 Å². The highest BCUT2D eigenvalue weighted by Crippen LogP contribution is 2.27. The number of carbonyl (C=O) groups excluding carboxylic acids is 1. The predicted octanol–water partition coefficient (Wildman–Crippen LogP) is 6.64. The molecular formula is C26H20BrNO. The first kappa shape index (κ1) is 19.2. The molecule has 4 rings (SSSR count). The van der Waals surface area contributed by atoms with Gasteiger partial charge in [0.1, 0.15) is 0 Å². The van der Waals surface area contributed by atoms with Gasteiger partial charge < -0.3 is 5.32 Å². The Morgan fingerprint density at radius 3 is 1.79 bits per heavy atom. The number of nitrogens with one attached hydrogen (secondary N) is 1. The van der Waals surface area contributed by atoms with E-state index in [9.17, 15) is 4.79 Å². The Morgan fingerprint density at radius 1 is 0.621 bits per heavy atom. The third kappa shape index (κ3) is 4.47. The predicted molar refractivity (Wildman–Crippen MR) is 122 cm³/mol. The van der Waals surface area contributed by atoms with Gasteiger partial charge in [0.15, 0.2) is 0 Å². The lowest BCUT2D eigenvalue weighted by Crippen LogP contribution is -2.29. The molecule has 0 aliphatic rings. The van der Waals surface area contributed by atoms with E-state index in [4.69, 9.17) is 0 Å². The summed E-state index contributed by atoms with van der Waals surface area (Å²) in [5.41, 5.74) is 5.02. The second-order valence-electron chi connectivity index (χ2n) is 6.79. The van der Waals surface area contributed by atoms with Crippen LogP contribution in [-0.2, 0) is 0 Å². The van der Waals surface area contributed by atoms with Crippen molar-refractivity contribution in [3.63, 3.8) is 0 Å². The number of benzene rings is 4. The molecule has 0 saturated heterocycles. The number of hydrogen-bond donors (Lipinski definition) is 1. The van der Waals surface area contributed by atoms with Crippen LogP contribution < -0.4 is 5.32 Å².